The molecule has 3 aromatic rings. The Bertz CT molecular complexity index is 1100. The van der Waals surface area contributed by atoms with E-state index in [4.69, 9.17) is 4.52 Å². The molecule has 142 valence electrons. The second-order valence-electron chi connectivity index (χ2n) is 6.19. The van der Waals surface area contributed by atoms with Crippen molar-refractivity contribution in [1.29, 1.82) is 0 Å². The third kappa shape index (κ3) is 4.51. The van der Waals surface area contributed by atoms with E-state index in [0.29, 0.717) is 16.6 Å². The van der Waals surface area contributed by atoms with Crippen molar-refractivity contribution < 1.29 is 12.9 Å². The van der Waals surface area contributed by atoms with E-state index < -0.39 is 10.0 Å². The van der Waals surface area contributed by atoms with E-state index in [-0.39, 0.29) is 10.8 Å². The largest absolute Gasteiger partial charge is 0.336 e. The normalized spacial score (nSPS) is 12.0. The van der Waals surface area contributed by atoms with Crippen molar-refractivity contribution in [2.45, 2.75) is 32.1 Å². The van der Waals surface area contributed by atoms with Crippen molar-refractivity contribution >= 4 is 49.3 Å². The Balaban J connectivity index is 1.79. The molecule has 2 aromatic heterocycles. The van der Waals surface area contributed by atoms with Crippen molar-refractivity contribution in [3.05, 3.63) is 67.5 Å². The first-order valence-electron chi connectivity index (χ1n) is 8.22. The Morgan fingerprint density at radius 1 is 1.26 bits per heavy atom. The van der Waals surface area contributed by atoms with E-state index in [0.717, 1.165) is 10.4 Å². The average Bonchev–Trinajstić information content (AvgIpc) is 3.19. The molecule has 2 heterocycles. The number of hydrogen-bond donors (Lipinski definition) is 1. The smallest absolute Gasteiger partial charge is 0.265 e. The van der Waals surface area contributed by atoms with Gasteiger partial charge in [-0.05, 0) is 59.3 Å². The number of benzene rings is 1. The summed E-state index contributed by atoms with van der Waals surface area (Å²) in [7, 11) is -3.76. The molecule has 0 radical (unpaired) electrons. The molecule has 0 amide bonds. The Morgan fingerprint density at radius 3 is 2.70 bits per heavy atom. The number of nitrogens with zero attached hydrogens (tertiary/aromatic N) is 1. The average molecular weight is 467 g/mol. The number of aryl methyl sites for hydroxylation is 3. The van der Waals surface area contributed by atoms with E-state index in [1.165, 1.54) is 22.5 Å². The molecule has 5 nitrogen and oxygen atoms in total. The second kappa shape index (κ2) is 8.00. The molecule has 3 rings (SSSR count). The summed E-state index contributed by atoms with van der Waals surface area (Å²) in [4.78, 5) is 1.01. The lowest BCUT2D eigenvalue weighted by molar-refractivity contribution is 0.430. The van der Waals surface area contributed by atoms with E-state index in [1.54, 1.807) is 18.4 Å². The SMILES string of the molecule is Cc1ccc(C=CCc2sccc2S(=O)(=O)Nc2onc(C)c2Br)c(C)c1. The molecule has 0 spiro atoms. The Labute approximate surface area is 171 Å². The number of anilines is 1. The van der Waals surface area contributed by atoms with Crippen LogP contribution in [0.4, 0.5) is 5.88 Å². The van der Waals surface area contributed by atoms with Gasteiger partial charge in [0, 0.05) is 11.3 Å². The molecule has 0 atom stereocenters. The summed E-state index contributed by atoms with van der Waals surface area (Å²) in [6, 6.07) is 7.86. The highest BCUT2D eigenvalue weighted by Gasteiger charge is 2.23. The number of hydrogen-bond acceptors (Lipinski definition) is 5. The summed E-state index contributed by atoms with van der Waals surface area (Å²) in [5.74, 6) is 0.0791. The summed E-state index contributed by atoms with van der Waals surface area (Å²) < 4.78 is 33.4. The number of nitrogens with one attached hydrogen (secondary N) is 1. The van der Waals surface area contributed by atoms with Gasteiger partial charge in [0.25, 0.3) is 15.9 Å². The highest BCUT2D eigenvalue weighted by molar-refractivity contribution is 9.10. The van der Waals surface area contributed by atoms with Gasteiger partial charge in [-0.1, -0.05) is 41.1 Å². The van der Waals surface area contributed by atoms with Gasteiger partial charge in [0.05, 0.1) is 5.69 Å². The summed E-state index contributed by atoms with van der Waals surface area (Å²) in [5, 5.41) is 5.52. The van der Waals surface area contributed by atoms with Crippen LogP contribution in [0.3, 0.4) is 0 Å². The van der Waals surface area contributed by atoms with Crippen LogP contribution in [0.5, 0.6) is 0 Å². The molecule has 1 aromatic carbocycles. The van der Waals surface area contributed by atoms with Gasteiger partial charge in [-0.2, -0.15) is 0 Å². The van der Waals surface area contributed by atoms with Crippen LogP contribution >= 0.6 is 27.3 Å². The first-order chi connectivity index (χ1) is 12.8. The van der Waals surface area contributed by atoms with E-state index in [1.807, 2.05) is 12.2 Å². The molecular formula is C19H19BrN2O3S2. The van der Waals surface area contributed by atoms with Gasteiger partial charge in [0.1, 0.15) is 9.37 Å². The standard InChI is InChI=1S/C19H19BrN2O3S2/c1-12-7-8-15(13(2)11-12)5-4-6-16-17(9-10-26-16)27(23,24)22-19-18(20)14(3)21-25-19/h4-5,7-11,22H,6H2,1-3H3. The lowest BCUT2D eigenvalue weighted by Gasteiger charge is -2.06. The molecule has 0 fully saturated rings. The Hall–Kier alpha value is -1.90. The van der Waals surface area contributed by atoms with Crippen LogP contribution in [0.15, 0.2) is 49.6 Å². The maximum Gasteiger partial charge on any atom is 0.265 e. The van der Waals surface area contributed by atoms with Crippen LogP contribution in [-0.2, 0) is 16.4 Å². The number of allylic oxidation sites excluding steroid dienone is 1. The number of thiophene rings is 1. The molecule has 8 heteroatoms. The van der Waals surface area contributed by atoms with Crippen LogP contribution in [-0.4, -0.2) is 13.6 Å². The van der Waals surface area contributed by atoms with Crippen molar-refractivity contribution in [2.75, 3.05) is 4.72 Å². The summed E-state index contributed by atoms with van der Waals surface area (Å²) >= 11 is 4.68. The zero-order valence-electron chi connectivity index (χ0n) is 15.1. The molecule has 0 saturated heterocycles. The highest BCUT2D eigenvalue weighted by atomic mass is 79.9. The molecule has 1 N–H and O–H groups in total. The van der Waals surface area contributed by atoms with Gasteiger partial charge >= 0.3 is 0 Å². The Morgan fingerprint density at radius 2 is 2.04 bits per heavy atom. The predicted molar refractivity (Wildman–Crippen MR) is 113 cm³/mol. The lowest BCUT2D eigenvalue weighted by Crippen LogP contribution is -2.13. The minimum Gasteiger partial charge on any atom is -0.336 e. The highest BCUT2D eigenvalue weighted by Crippen LogP contribution is 2.30. The molecule has 0 saturated carbocycles. The quantitative estimate of drug-likeness (QED) is 0.521. The fourth-order valence-corrected chi connectivity index (χ4v) is 5.43. The molecule has 0 aliphatic rings. The van der Waals surface area contributed by atoms with Gasteiger partial charge < -0.3 is 4.52 Å². The zero-order valence-corrected chi connectivity index (χ0v) is 18.3. The predicted octanol–water partition coefficient (Wildman–Crippen LogP) is 5.48. The number of aromatic nitrogens is 1. The fraction of sp³-hybridized carbons (Fsp3) is 0.211. The Kier molecular flexibility index (Phi) is 5.88. The summed E-state index contributed by atoms with van der Waals surface area (Å²) in [5.41, 5.74) is 4.11. The first kappa shape index (κ1) is 19.9. The number of rotatable bonds is 6. The van der Waals surface area contributed by atoms with Gasteiger partial charge in [-0.3, -0.25) is 0 Å². The zero-order chi connectivity index (χ0) is 19.6. The van der Waals surface area contributed by atoms with Crippen LogP contribution in [0.25, 0.3) is 6.08 Å². The third-order valence-corrected chi connectivity index (χ3v) is 7.46. The van der Waals surface area contributed by atoms with Crippen molar-refractivity contribution in [3.8, 4) is 0 Å². The maximum absolute atomic E-state index is 12.7. The molecule has 0 bridgehead atoms. The van der Waals surface area contributed by atoms with E-state index in [9.17, 15) is 8.42 Å². The number of sulfonamides is 1. The fourth-order valence-electron chi connectivity index (χ4n) is 2.62. The van der Waals surface area contributed by atoms with Crippen LogP contribution in [0.2, 0.25) is 0 Å². The number of halogens is 1. The third-order valence-electron chi connectivity index (χ3n) is 4.04. The van der Waals surface area contributed by atoms with E-state index >= 15 is 0 Å². The minimum absolute atomic E-state index is 0.0791. The van der Waals surface area contributed by atoms with Gasteiger partial charge in [-0.25, -0.2) is 13.1 Å². The second-order valence-corrected chi connectivity index (χ2v) is 9.64. The van der Waals surface area contributed by atoms with Gasteiger partial charge in [0.2, 0.25) is 0 Å². The van der Waals surface area contributed by atoms with Crippen LogP contribution < -0.4 is 4.72 Å². The van der Waals surface area contributed by atoms with Crippen molar-refractivity contribution in [1.82, 2.24) is 5.16 Å². The lowest BCUT2D eigenvalue weighted by atomic mass is 10.1. The molecule has 0 unspecified atom stereocenters. The van der Waals surface area contributed by atoms with Crippen LogP contribution in [0.1, 0.15) is 27.3 Å². The maximum atomic E-state index is 12.7. The summed E-state index contributed by atoms with van der Waals surface area (Å²) in [6.45, 7) is 5.85. The van der Waals surface area contributed by atoms with Crippen molar-refractivity contribution in [3.63, 3.8) is 0 Å². The molecule has 27 heavy (non-hydrogen) atoms. The van der Waals surface area contributed by atoms with Crippen LogP contribution in [0, 0.1) is 20.8 Å². The topological polar surface area (TPSA) is 72.2 Å². The molecular weight excluding hydrogens is 448 g/mol. The van der Waals surface area contributed by atoms with Gasteiger partial charge in [0.15, 0.2) is 0 Å². The summed E-state index contributed by atoms with van der Waals surface area (Å²) in [6.07, 6.45) is 4.53. The van der Waals surface area contributed by atoms with E-state index in [2.05, 4.69) is 57.9 Å². The van der Waals surface area contributed by atoms with Crippen molar-refractivity contribution in [2.24, 2.45) is 0 Å². The monoisotopic (exact) mass is 466 g/mol. The first-order valence-corrected chi connectivity index (χ1v) is 11.4. The molecule has 0 aliphatic carbocycles. The van der Waals surface area contributed by atoms with Gasteiger partial charge in [-0.15, -0.1) is 11.3 Å². The molecule has 0 aliphatic heterocycles. The minimum atomic E-state index is -3.76.